The highest BCUT2D eigenvalue weighted by Crippen LogP contribution is 2.06. The van der Waals surface area contributed by atoms with E-state index >= 15 is 0 Å². The van der Waals surface area contributed by atoms with Crippen molar-refractivity contribution in [2.45, 2.75) is 6.42 Å². The molecule has 0 aromatic carbocycles. The predicted octanol–water partition coefficient (Wildman–Crippen LogP) is 0.368. The molecule has 1 heterocycles. The van der Waals surface area contributed by atoms with Gasteiger partial charge in [-0.15, -0.1) is 11.3 Å². The van der Waals surface area contributed by atoms with Gasteiger partial charge in [0, 0.05) is 32.0 Å². The highest BCUT2D eigenvalue weighted by Gasteiger charge is 2.17. The number of nitrogens with two attached hydrogens (primary N) is 1. The third-order valence-electron chi connectivity index (χ3n) is 2.27. The summed E-state index contributed by atoms with van der Waals surface area (Å²) in [6, 6.07) is 0. The molecular weight excluding hydrogens is 256 g/mol. The van der Waals surface area contributed by atoms with Crippen LogP contribution in [0, 0.1) is 0 Å². The number of ether oxygens (including phenoxy) is 1. The Labute approximate surface area is 109 Å². The van der Waals surface area contributed by atoms with E-state index in [-0.39, 0.29) is 11.7 Å². The molecule has 0 saturated carbocycles. The summed E-state index contributed by atoms with van der Waals surface area (Å²) in [5.41, 5.74) is 7.39. The van der Waals surface area contributed by atoms with Crippen LogP contribution >= 0.6 is 11.3 Å². The molecule has 0 aliphatic heterocycles. The van der Waals surface area contributed by atoms with Crippen molar-refractivity contribution in [2.24, 2.45) is 10.9 Å². The lowest BCUT2D eigenvalue weighted by atomic mass is 10.3. The van der Waals surface area contributed by atoms with E-state index in [1.54, 1.807) is 22.9 Å². The van der Waals surface area contributed by atoms with Crippen LogP contribution in [0.15, 0.2) is 16.0 Å². The van der Waals surface area contributed by atoms with Crippen molar-refractivity contribution in [3.8, 4) is 0 Å². The Hall–Kier alpha value is -1.67. The molecule has 0 bridgehead atoms. The number of methoxy groups -OCH3 is 1. The van der Waals surface area contributed by atoms with Gasteiger partial charge in [0.25, 0.3) is 5.91 Å². The topological polar surface area (TPSA) is 101 Å². The zero-order valence-corrected chi connectivity index (χ0v) is 10.9. The number of aromatic nitrogens is 1. The van der Waals surface area contributed by atoms with Crippen LogP contribution in [0.2, 0.25) is 0 Å². The standard InChI is InChI=1S/C10H16N4O3S/c1-17-5-4-14(3-2-9(11)13-16)10(15)8-6-18-7-12-8/h6-7,16H,2-5H2,1H3,(H2,11,13). The van der Waals surface area contributed by atoms with Gasteiger partial charge in [0.2, 0.25) is 0 Å². The van der Waals surface area contributed by atoms with Gasteiger partial charge in [0.15, 0.2) is 0 Å². The average Bonchev–Trinajstić information content (AvgIpc) is 2.91. The van der Waals surface area contributed by atoms with E-state index < -0.39 is 0 Å². The first-order chi connectivity index (χ1) is 8.69. The van der Waals surface area contributed by atoms with Crippen molar-refractivity contribution in [3.63, 3.8) is 0 Å². The van der Waals surface area contributed by atoms with Crippen LogP contribution in [-0.4, -0.2) is 53.6 Å². The van der Waals surface area contributed by atoms with E-state index in [9.17, 15) is 4.79 Å². The lowest BCUT2D eigenvalue weighted by Gasteiger charge is -2.21. The number of carbonyl (C=O) groups is 1. The van der Waals surface area contributed by atoms with Crippen LogP contribution < -0.4 is 5.73 Å². The number of carbonyl (C=O) groups excluding carboxylic acids is 1. The summed E-state index contributed by atoms with van der Waals surface area (Å²) in [6.45, 7) is 1.22. The highest BCUT2D eigenvalue weighted by molar-refractivity contribution is 7.07. The molecule has 3 N–H and O–H groups in total. The molecule has 18 heavy (non-hydrogen) atoms. The summed E-state index contributed by atoms with van der Waals surface area (Å²) in [5.74, 6) is -0.0949. The van der Waals surface area contributed by atoms with Gasteiger partial charge in [-0.3, -0.25) is 4.79 Å². The Morgan fingerprint density at radius 3 is 3.00 bits per heavy atom. The molecule has 100 valence electrons. The number of thiazole rings is 1. The molecule has 7 nitrogen and oxygen atoms in total. The van der Waals surface area contributed by atoms with Crippen molar-refractivity contribution in [1.29, 1.82) is 0 Å². The molecule has 0 radical (unpaired) electrons. The second kappa shape index (κ2) is 7.62. The number of nitrogens with zero attached hydrogens (tertiary/aromatic N) is 3. The molecule has 0 aliphatic carbocycles. The number of amidine groups is 1. The molecule has 0 fully saturated rings. The smallest absolute Gasteiger partial charge is 0.273 e. The minimum atomic E-state index is -0.181. The zero-order chi connectivity index (χ0) is 13.4. The summed E-state index contributed by atoms with van der Waals surface area (Å²) in [5, 5.41) is 13.0. The first-order valence-corrected chi connectivity index (χ1v) is 6.26. The Morgan fingerprint density at radius 2 is 2.44 bits per heavy atom. The first kappa shape index (κ1) is 14.4. The lowest BCUT2D eigenvalue weighted by Crippen LogP contribution is -2.36. The van der Waals surface area contributed by atoms with Crippen molar-refractivity contribution >= 4 is 23.1 Å². The van der Waals surface area contributed by atoms with Gasteiger partial charge in [-0.2, -0.15) is 0 Å². The molecule has 1 aromatic heterocycles. The minimum absolute atomic E-state index is 0.0866. The van der Waals surface area contributed by atoms with Crippen LogP contribution in [0.3, 0.4) is 0 Å². The number of rotatable bonds is 7. The molecular formula is C10H16N4O3S. The van der Waals surface area contributed by atoms with Gasteiger partial charge >= 0.3 is 0 Å². The molecule has 0 unspecified atom stereocenters. The maximum Gasteiger partial charge on any atom is 0.273 e. The highest BCUT2D eigenvalue weighted by atomic mass is 32.1. The summed E-state index contributed by atoms with van der Waals surface area (Å²) >= 11 is 1.36. The van der Waals surface area contributed by atoms with Crippen LogP contribution in [0.25, 0.3) is 0 Å². The number of amides is 1. The molecule has 8 heteroatoms. The van der Waals surface area contributed by atoms with E-state index in [2.05, 4.69) is 10.1 Å². The predicted molar refractivity (Wildman–Crippen MR) is 67.9 cm³/mol. The van der Waals surface area contributed by atoms with Gasteiger partial charge in [-0.05, 0) is 0 Å². The maximum atomic E-state index is 12.1. The van der Waals surface area contributed by atoms with E-state index in [1.165, 1.54) is 11.3 Å². The summed E-state index contributed by atoms with van der Waals surface area (Å²) in [7, 11) is 1.56. The maximum absolute atomic E-state index is 12.1. The fourth-order valence-electron chi connectivity index (χ4n) is 1.30. The monoisotopic (exact) mass is 272 g/mol. The molecule has 1 aromatic rings. The second-order valence-corrected chi connectivity index (χ2v) is 4.22. The van der Waals surface area contributed by atoms with Gasteiger partial charge in [-0.25, -0.2) is 4.98 Å². The van der Waals surface area contributed by atoms with Crippen molar-refractivity contribution in [3.05, 3.63) is 16.6 Å². The Bertz CT molecular complexity index is 394. The molecule has 0 aliphatic rings. The SMILES string of the molecule is COCCN(CCC(N)=NO)C(=O)c1cscn1. The van der Waals surface area contributed by atoms with E-state index in [0.29, 0.717) is 31.8 Å². The van der Waals surface area contributed by atoms with Crippen LogP contribution in [0.1, 0.15) is 16.9 Å². The minimum Gasteiger partial charge on any atom is -0.409 e. The van der Waals surface area contributed by atoms with Gasteiger partial charge in [-0.1, -0.05) is 5.16 Å². The molecule has 1 rings (SSSR count). The molecule has 0 spiro atoms. The Balaban J connectivity index is 2.62. The largest absolute Gasteiger partial charge is 0.409 e. The zero-order valence-electron chi connectivity index (χ0n) is 10.1. The molecule has 0 saturated heterocycles. The number of oxime groups is 1. The van der Waals surface area contributed by atoms with Gasteiger partial charge < -0.3 is 20.6 Å². The average molecular weight is 272 g/mol. The quantitative estimate of drug-likeness (QED) is 0.323. The Morgan fingerprint density at radius 1 is 1.67 bits per heavy atom. The van der Waals surface area contributed by atoms with Crippen molar-refractivity contribution < 1.29 is 14.7 Å². The second-order valence-electron chi connectivity index (χ2n) is 3.50. The lowest BCUT2D eigenvalue weighted by molar-refractivity contribution is 0.0695. The van der Waals surface area contributed by atoms with Crippen LogP contribution in [0.5, 0.6) is 0 Å². The van der Waals surface area contributed by atoms with E-state index in [4.69, 9.17) is 15.7 Å². The third kappa shape index (κ3) is 4.30. The number of hydrogen-bond acceptors (Lipinski definition) is 6. The van der Waals surface area contributed by atoms with Crippen molar-refractivity contribution in [1.82, 2.24) is 9.88 Å². The summed E-state index contributed by atoms with van der Waals surface area (Å²) in [6.07, 6.45) is 0.302. The van der Waals surface area contributed by atoms with Crippen LogP contribution in [0.4, 0.5) is 0 Å². The Kier molecular flexibility index (Phi) is 6.09. The fourth-order valence-corrected chi connectivity index (χ4v) is 1.82. The molecule has 1 amide bonds. The van der Waals surface area contributed by atoms with Crippen LogP contribution in [-0.2, 0) is 4.74 Å². The van der Waals surface area contributed by atoms with Gasteiger partial charge in [0.1, 0.15) is 11.5 Å². The molecule has 0 atom stereocenters. The van der Waals surface area contributed by atoms with E-state index in [0.717, 1.165) is 0 Å². The van der Waals surface area contributed by atoms with Crippen molar-refractivity contribution in [2.75, 3.05) is 26.8 Å². The summed E-state index contributed by atoms with van der Waals surface area (Å²) in [4.78, 5) is 17.6. The third-order valence-corrected chi connectivity index (χ3v) is 2.86. The first-order valence-electron chi connectivity index (χ1n) is 5.31. The fraction of sp³-hybridized carbons (Fsp3) is 0.500. The van der Waals surface area contributed by atoms with E-state index in [1.807, 2.05) is 0 Å². The summed E-state index contributed by atoms with van der Waals surface area (Å²) < 4.78 is 4.95. The normalized spacial score (nSPS) is 11.5. The van der Waals surface area contributed by atoms with Gasteiger partial charge in [0.05, 0.1) is 12.1 Å². The number of hydrogen-bond donors (Lipinski definition) is 2.